The predicted molar refractivity (Wildman–Crippen MR) is 103 cm³/mol. The molecule has 5 rings (SSSR count). The second-order valence-electron chi connectivity index (χ2n) is 7.07. The van der Waals surface area contributed by atoms with E-state index < -0.39 is 10.0 Å². The minimum Gasteiger partial charge on any atom is -0.437 e. The van der Waals surface area contributed by atoms with Crippen LogP contribution in [0.15, 0.2) is 47.6 Å². The Morgan fingerprint density at radius 2 is 2.10 bits per heavy atom. The van der Waals surface area contributed by atoms with Crippen molar-refractivity contribution in [1.82, 2.24) is 20.5 Å². The van der Waals surface area contributed by atoms with Gasteiger partial charge < -0.3 is 10.1 Å². The lowest BCUT2D eigenvalue weighted by Crippen LogP contribution is -2.28. The van der Waals surface area contributed by atoms with E-state index >= 15 is 0 Å². The van der Waals surface area contributed by atoms with Crippen LogP contribution in [0.25, 0.3) is 11.0 Å². The Hall–Kier alpha value is -3.27. The number of rotatable bonds is 5. The highest BCUT2D eigenvalue weighted by Gasteiger charge is 2.46. The molecule has 1 amide bonds. The quantitative estimate of drug-likeness (QED) is 0.608. The number of ether oxygens (including phenoxy) is 1. The molecule has 1 saturated heterocycles. The third-order valence-corrected chi connectivity index (χ3v) is 6.95. The molecule has 2 bridgehead atoms. The van der Waals surface area contributed by atoms with Gasteiger partial charge in [0.15, 0.2) is 11.8 Å². The summed E-state index contributed by atoms with van der Waals surface area (Å²) in [6.07, 6.45) is 4.60. The van der Waals surface area contributed by atoms with Crippen molar-refractivity contribution >= 4 is 32.9 Å². The van der Waals surface area contributed by atoms with E-state index in [1.54, 1.807) is 36.5 Å². The van der Waals surface area contributed by atoms with Gasteiger partial charge in [-0.2, -0.15) is 13.5 Å². The number of pyridine rings is 1. The third-order valence-electron chi connectivity index (χ3n) is 5.15. The third kappa shape index (κ3) is 3.15. The molecule has 29 heavy (non-hydrogen) atoms. The maximum Gasteiger partial charge on any atom is 0.397 e. The van der Waals surface area contributed by atoms with Crippen LogP contribution in [0, 0.1) is 0 Å². The summed E-state index contributed by atoms with van der Waals surface area (Å²) in [4.78, 5) is 16.7. The SMILES string of the molecule is O=C(NCc1ccc(S(=O)(=O)[N+]2=C3CCC(C2)O3)cc1)c1cnc2[nH]ncc2c1. The van der Waals surface area contributed by atoms with Crippen LogP contribution in [-0.4, -0.2) is 52.0 Å². The lowest BCUT2D eigenvalue weighted by molar-refractivity contribution is -0.363. The molecule has 1 unspecified atom stereocenters. The Kier molecular flexibility index (Phi) is 4.09. The van der Waals surface area contributed by atoms with Crippen molar-refractivity contribution in [2.24, 2.45) is 0 Å². The molecule has 1 fully saturated rings. The van der Waals surface area contributed by atoms with Crippen LogP contribution in [0.4, 0.5) is 0 Å². The maximum atomic E-state index is 12.8. The topological polar surface area (TPSA) is 117 Å². The largest absolute Gasteiger partial charge is 0.437 e. The molecule has 1 atom stereocenters. The molecular formula is C19H18N5O4S+. The van der Waals surface area contributed by atoms with Gasteiger partial charge >= 0.3 is 15.9 Å². The number of aromatic nitrogens is 3. The van der Waals surface area contributed by atoms with Crippen LogP contribution in [-0.2, 0) is 21.3 Å². The highest BCUT2D eigenvalue weighted by molar-refractivity contribution is 7.85. The maximum absolute atomic E-state index is 12.8. The number of amides is 1. The number of benzene rings is 1. The van der Waals surface area contributed by atoms with Gasteiger partial charge in [0.2, 0.25) is 6.54 Å². The fraction of sp³-hybridized carbons (Fsp3) is 0.263. The summed E-state index contributed by atoms with van der Waals surface area (Å²) in [5, 5.41) is 10.2. The summed E-state index contributed by atoms with van der Waals surface area (Å²) in [6, 6.07) is 8.22. The molecule has 0 aliphatic carbocycles. The van der Waals surface area contributed by atoms with E-state index in [4.69, 9.17) is 4.74 Å². The molecule has 2 aromatic heterocycles. The number of nitrogens with one attached hydrogen (secondary N) is 2. The number of fused-ring (bicyclic) bond motifs is 3. The predicted octanol–water partition coefficient (Wildman–Crippen LogP) is 1.18. The molecule has 2 aliphatic rings. The monoisotopic (exact) mass is 412 g/mol. The number of hydrogen-bond donors (Lipinski definition) is 2. The summed E-state index contributed by atoms with van der Waals surface area (Å²) in [5.74, 6) is 0.272. The molecule has 2 N–H and O–H groups in total. The van der Waals surface area contributed by atoms with Crippen molar-refractivity contribution in [1.29, 1.82) is 0 Å². The standard InChI is InChI=1S/C19H17N5O4S/c25-19(14-7-13-10-22-23-18(13)20-9-14)21-8-12-1-4-16(5-2-12)29(26,27)24-11-15-3-6-17(24)28-15/h1-2,4-5,7,9-10,15H,3,6,8,11H2,(H-,20,21,22,23,25)/p+1. The van der Waals surface area contributed by atoms with Crippen molar-refractivity contribution in [2.75, 3.05) is 6.54 Å². The van der Waals surface area contributed by atoms with Gasteiger partial charge in [0.1, 0.15) is 4.90 Å². The van der Waals surface area contributed by atoms with E-state index in [0.717, 1.165) is 17.4 Å². The fourth-order valence-electron chi connectivity index (χ4n) is 3.58. The highest BCUT2D eigenvalue weighted by atomic mass is 32.2. The average Bonchev–Trinajstić information content (AvgIpc) is 3.48. The first-order chi connectivity index (χ1) is 14.0. The molecule has 0 spiro atoms. The summed E-state index contributed by atoms with van der Waals surface area (Å²) in [7, 11) is -3.61. The Morgan fingerprint density at radius 3 is 2.83 bits per heavy atom. The van der Waals surface area contributed by atoms with Gasteiger partial charge in [-0.3, -0.25) is 9.89 Å². The van der Waals surface area contributed by atoms with E-state index in [0.29, 0.717) is 30.1 Å². The van der Waals surface area contributed by atoms with E-state index in [1.807, 2.05) is 0 Å². The highest BCUT2D eigenvalue weighted by Crippen LogP contribution is 2.26. The first-order valence-corrected chi connectivity index (χ1v) is 10.7. The van der Waals surface area contributed by atoms with Crippen LogP contribution in [0.1, 0.15) is 28.8 Å². The summed E-state index contributed by atoms with van der Waals surface area (Å²) < 4.78 is 32.5. The molecule has 1 aromatic carbocycles. The normalized spacial score (nSPS) is 18.3. The van der Waals surface area contributed by atoms with Crippen LogP contribution < -0.4 is 5.32 Å². The van der Waals surface area contributed by atoms with E-state index in [1.165, 1.54) is 10.2 Å². The molecule has 10 heteroatoms. The zero-order chi connectivity index (χ0) is 20.0. The summed E-state index contributed by atoms with van der Waals surface area (Å²) in [6.45, 7) is 0.652. The summed E-state index contributed by atoms with van der Waals surface area (Å²) >= 11 is 0. The fourth-order valence-corrected chi connectivity index (χ4v) is 5.08. The number of sulfonamides is 1. The first-order valence-electron chi connectivity index (χ1n) is 9.22. The van der Waals surface area contributed by atoms with Gasteiger partial charge in [0.05, 0.1) is 18.2 Å². The van der Waals surface area contributed by atoms with Crippen molar-refractivity contribution in [3.8, 4) is 0 Å². The van der Waals surface area contributed by atoms with E-state index in [-0.39, 0.29) is 23.5 Å². The zero-order valence-corrected chi connectivity index (χ0v) is 16.1. The zero-order valence-electron chi connectivity index (χ0n) is 15.3. The molecular weight excluding hydrogens is 394 g/mol. The molecule has 9 nitrogen and oxygen atoms in total. The smallest absolute Gasteiger partial charge is 0.397 e. The van der Waals surface area contributed by atoms with Gasteiger partial charge in [-0.15, -0.1) is 0 Å². The Bertz CT molecular complexity index is 1250. The molecule has 148 valence electrons. The number of H-pyrrole nitrogens is 1. The molecule has 0 radical (unpaired) electrons. The minimum absolute atomic E-state index is 0.0231. The number of nitrogens with zero attached hydrogens (tertiary/aromatic N) is 3. The Labute approximate surface area is 166 Å². The van der Waals surface area contributed by atoms with E-state index in [2.05, 4.69) is 20.5 Å². The van der Waals surface area contributed by atoms with Crippen molar-refractivity contribution < 1.29 is 21.9 Å². The Balaban J connectivity index is 1.27. The van der Waals surface area contributed by atoms with E-state index in [9.17, 15) is 13.2 Å². The number of carbonyl (C=O) groups excluding carboxylic acids is 1. The van der Waals surface area contributed by atoms with Crippen molar-refractivity contribution in [2.45, 2.75) is 30.4 Å². The second kappa shape index (κ2) is 6.66. The number of carbonyl (C=O) groups is 1. The van der Waals surface area contributed by atoms with Crippen molar-refractivity contribution in [3.63, 3.8) is 0 Å². The van der Waals surface area contributed by atoms with Gasteiger partial charge in [-0.25, -0.2) is 4.98 Å². The average molecular weight is 412 g/mol. The Morgan fingerprint density at radius 1 is 1.28 bits per heavy atom. The first kappa shape index (κ1) is 17.8. The van der Waals surface area contributed by atoms with Gasteiger partial charge in [-0.1, -0.05) is 16.1 Å². The number of aromatic amines is 1. The van der Waals surface area contributed by atoms with Gasteiger partial charge in [0, 0.05) is 24.5 Å². The van der Waals surface area contributed by atoms with Gasteiger partial charge in [0.25, 0.3) is 5.91 Å². The lowest BCUT2D eigenvalue weighted by atomic mass is 10.2. The summed E-state index contributed by atoms with van der Waals surface area (Å²) in [5.41, 5.74) is 1.84. The van der Waals surface area contributed by atoms with Crippen LogP contribution in [0.5, 0.6) is 0 Å². The van der Waals surface area contributed by atoms with Crippen LogP contribution in [0.2, 0.25) is 0 Å². The lowest BCUT2D eigenvalue weighted by Gasteiger charge is -2.07. The molecule has 2 aliphatic heterocycles. The second-order valence-corrected chi connectivity index (χ2v) is 8.93. The van der Waals surface area contributed by atoms with Gasteiger partial charge in [-0.05, 0) is 23.8 Å². The molecule has 0 saturated carbocycles. The molecule has 4 heterocycles. The van der Waals surface area contributed by atoms with Crippen LogP contribution in [0.3, 0.4) is 0 Å². The van der Waals surface area contributed by atoms with Crippen LogP contribution >= 0.6 is 0 Å². The number of hydrogen-bond acceptors (Lipinski definition) is 6. The molecule has 3 aromatic rings. The van der Waals surface area contributed by atoms with Crippen molar-refractivity contribution in [3.05, 3.63) is 53.9 Å². The minimum atomic E-state index is -3.61.